The zero-order valence-corrected chi connectivity index (χ0v) is 12.5. The van der Waals surface area contributed by atoms with E-state index in [1.165, 1.54) is 37.9 Å². The summed E-state index contributed by atoms with van der Waals surface area (Å²) in [5.74, 6) is 1.22. The van der Waals surface area contributed by atoms with Crippen LogP contribution in [0.15, 0.2) is 0 Å². The quantitative estimate of drug-likeness (QED) is 0.793. The molecule has 0 heterocycles. The molecule has 16 heavy (non-hydrogen) atoms. The molecule has 0 aromatic carbocycles. The molecule has 1 N–H and O–H groups in total. The summed E-state index contributed by atoms with van der Waals surface area (Å²) in [5.41, 5.74) is 0.413. The van der Waals surface area contributed by atoms with Crippen LogP contribution in [0, 0.1) is 0 Å². The Morgan fingerprint density at radius 1 is 1.19 bits per heavy atom. The molecule has 96 valence electrons. The lowest BCUT2D eigenvalue weighted by Gasteiger charge is -2.37. The van der Waals surface area contributed by atoms with Gasteiger partial charge in [-0.2, -0.15) is 11.8 Å². The molecule has 0 spiro atoms. The Bertz CT molecular complexity index is 201. The average Bonchev–Trinajstić information content (AvgIpc) is 2.14. The Hall–Kier alpha value is 0.310. The molecule has 1 unspecified atom stereocenters. The smallest absolute Gasteiger partial charge is 0.0156 e. The van der Waals surface area contributed by atoms with Crippen molar-refractivity contribution >= 4 is 11.8 Å². The standard InChI is InChI=1S/C14H29NS/c1-12(11-16-13(2,3)4)15-14(5)9-7-6-8-10-14/h12,15H,6-11H2,1-5H3. The first-order valence-electron chi connectivity index (χ1n) is 6.72. The zero-order chi connectivity index (χ0) is 12.2. The lowest BCUT2D eigenvalue weighted by molar-refractivity contribution is 0.239. The fourth-order valence-corrected chi connectivity index (χ4v) is 3.32. The molecule has 1 atom stereocenters. The predicted molar refractivity (Wildman–Crippen MR) is 76.3 cm³/mol. The molecule has 1 aliphatic carbocycles. The minimum atomic E-state index is 0.392. The molecule has 0 aromatic heterocycles. The van der Waals surface area contributed by atoms with Crippen LogP contribution in [0.4, 0.5) is 0 Å². The fraction of sp³-hybridized carbons (Fsp3) is 1.00. The first-order valence-corrected chi connectivity index (χ1v) is 7.71. The second-order valence-electron chi connectivity index (χ2n) is 6.59. The van der Waals surface area contributed by atoms with Gasteiger partial charge in [-0.15, -0.1) is 0 Å². The fourth-order valence-electron chi connectivity index (χ4n) is 2.49. The summed E-state index contributed by atoms with van der Waals surface area (Å²) < 4.78 is 0.392. The van der Waals surface area contributed by atoms with Crippen LogP contribution in [0.2, 0.25) is 0 Å². The summed E-state index contributed by atoms with van der Waals surface area (Å²) in [4.78, 5) is 0. The minimum Gasteiger partial charge on any atom is -0.308 e. The highest BCUT2D eigenvalue weighted by atomic mass is 32.2. The van der Waals surface area contributed by atoms with Gasteiger partial charge in [0.1, 0.15) is 0 Å². The van der Waals surface area contributed by atoms with E-state index in [4.69, 9.17) is 0 Å². The second-order valence-corrected chi connectivity index (χ2v) is 8.44. The molecule has 0 amide bonds. The molecule has 1 aliphatic rings. The lowest BCUT2D eigenvalue weighted by atomic mass is 9.83. The number of rotatable bonds is 4. The van der Waals surface area contributed by atoms with Gasteiger partial charge in [0.25, 0.3) is 0 Å². The number of hydrogen-bond acceptors (Lipinski definition) is 2. The summed E-state index contributed by atoms with van der Waals surface area (Å²) in [5, 5.41) is 3.85. The van der Waals surface area contributed by atoms with E-state index >= 15 is 0 Å². The molecule has 2 heteroatoms. The highest BCUT2D eigenvalue weighted by Gasteiger charge is 2.28. The van der Waals surface area contributed by atoms with E-state index in [9.17, 15) is 0 Å². The summed E-state index contributed by atoms with van der Waals surface area (Å²) in [6, 6.07) is 0.632. The molecule has 0 bridgehead atoms. The molecule has 1 rings (SSSR count). The van der Waals surface area contributed by atoms with Gasteiger partial charge in [0.2, 0.25) is 0 Å². The predicted octanol–water partition coefficient (Wildman–Crippen LogP) is 4.22. The normalized spacial score (nSPS) is 23.1. The Labute approximate surface area is 106 Å². The maximum absolute atomic E-state index is 3.85. The van der Waals surface area contributed by atoms with Crippen molar-refractivity contribution < 1.29 is 0 Å². The van der Waals surface area contributed by atoms with E-state index in [1.54, 1.807) is 0 Å². The van der Waals surface area contributed by atoms with Gasteiger partial charge < -0.3 is 5.32 Å². The first-order chi connectivity index (χ1) is 7.31. The minimum absolute atomic E-state index is 0.392. The Morgan fingerprint density at radius 2 is 1.75 bits per heavy atom. The van der Waals surface area contributed by atoms with Crippen molar-refractivity contribution in [3.05, 3.63) is 0 Å². The van der Waals surface area contributed by atoms with Gasteiger partial charge in [-0.05, 0) is 26.7 Å². The van der Waals surface area contributed by atoms with Crippen LogP contribution in [-0.2, 0) is 0 Å². The largest absolute Gasteiger partial charge is 0.308 e. The van der Waals surface area contributed by atoms with Gasteiger partial charge in [-0.1, -0.05) is 40.0 Å². The molecular formula is C14H29NS. The van der Waals surface area contributed by atoms with E-state index in [1.807, 2.05) is 0 Å². The van der Waals surface area contributed by atoms with Crippen LogP contribution >= 0.6 is 11.8 Å². The average molecular weight is 243 g/mol. The lowest BCUT2D eigenvalue weighted by Crippen LogP contribution is -2.49. The van der Waals surface area contributed by atoms with E-state index in [0.717, 1.165) is 0 Å². The van der Waals surface area contributed by atoms with E-state index in [-0.39, 0.29) is 0 Å². The zero-order valence-electron chi connectivity index (χ0n) is 11.7. The Kier molecular flexibility index (Phi) is 5.18. The molecule has 0 aromatic rings. The maximum Gasteiger partial charge on any atom is 0.0156 e. The SMILES string of the molecule is CC(CSC(C)(C)C)NC1(C)CCCCC1. The van der Waals surface area contributed by atoms with Crippen LogP contribution in [0.5, 0.6) is 0 Å². The van der Waals surface area contributed by atoms with Crippen LogP contribution in [0.3, 0.4) is 0 Å². The highest BCUT2D eigenvalue weighted by molar-refractivity contribution is 8.00. The summed E-state index contributed by atoms with van der Waals surface area (Å²) >= 11 is 2.07. The summed E-state index contributed by atoms with van der Waals surface area (Å²) in [6.45, 7) is 11.6. The van der Waals surface area contributed by atoms with Gasteiger partial charge >= 0.3 is 0 Å². The first kappa shape index (κ1) is 14.4. The van der Waals surface area contributed by atoms with Gasteiger partial charge in [0.15, 0.2) is 0 Å². The highest BCUT2D eigenvalue weighted by Crippen LogP contribution is 2.29. The molecular weight excluding hydrogens is 214 g/mol. The summed E-state index contributed by atoms with van der Waals surface area (Å²) in [7, 11) is 0. The number of nitrogens with one attached hydrogen (secondary N) is 1. The molecule has 0 radical (unpaired) electrons. The topological polar surface area (TPSA) is 12.0 Å². The van der Waals surface area contributed by atoms with E-state index in [0.29, 0.717) is 16.3 Å². The van der Waals surface area contributed by atoms with Crippen molar-refractivity contribution in [2.75, 3.05) is 5.75 Å². The Morgan fingerprint density at radius 3 is 2.25 bits per heavy atom. The van der Waals surface area contributed by atoms with Crippen LogP contribution < -0.4 is 5.32 Å². The van der Waals surface area contributed by atoms with Crippen molar-refractivity contribution in [2.45, 2.75) is 83.1 Å². The molecule has 1 fully saturated rings. The molecule has 0 saturated heterocycles. The third kappa shape index (κ3) is 5.58. The monoisotopic (exact) mass is 243 g/mol. The maximum atomic E-state index is 3.85. The van der Waals surface area contributed by atoms with Gasteiger partial charge in [0.05, 0.1) is 0 Å². The summed E-state index contributed by atoms with van der Waals surface area (Å²) in [6.07, 6.45) is 6.96. The molecule has 1 saturated carbocycles. The van der Waals surface area contributed by atoms with E-state index in [2.05, 4.69) is 51.7 Å². The van der Waals surface area contributed by atoms with Crippen molar-refractivity contribution in [1.82, 2.24) is 5.32 Å². The van der Waals surface area contributed by atoms with E-state index < -0.39 is 0 Å². The molecule has 1 nitrogen and oxygen atoms in total. The van der Waals surface area contributed by atoms with Crippen molar-refractivity contribution in [1.29, 1.82) is 0 Å². The van der Waals surface area contributed by atoms with Gasteiger partial charge in [0, 0.05) is 22.1 Å². The number of thioether (sulfide) groups is 1. The second kappa shape index (κ2) is 5.77. The molecule has 0 aliphatic heterocycles. The van der Waals surface area contributed by atoms with Crippen molar-refractivity contribution in [2.24, 2.45) is 0 Å². The number of hydrogen-bond donors (Lipinski definition) is 1. The Balaban J connectivity index is 2.29. The third-order valence-corrected chi connectivity index (χ3v) is 4.85. The van der Waals surface area contributed by atoms with Crippen molar-refractivity contribution in [3.63, 3.8) is 0 Å². The van der Waals surface area contributed by atoms with Crippen LogP contribution in [0.1, 0.15) is 66.7 Å². The van der Waals surface area contributed by atoms with Gasteiger partial charge in [-0.3, -0.25) is 0 Å². The van der Waals surface area contributed by atoms with Crippen LogP contribution in [0.25, 0.3) is 0 Å². The van der Waals surface area contributed by atoms with Crippen LogP contribution in [-0.4, -0.2) is 22.1 Å². The van der Waals surface area contributed by atoms with Gasteiger partial charge in [-0.25, -0.2) is 0 Å². The van der Waals surface area contributed by atoms with Crippen molar-refractivity contribution in [3.8, 4) is 0 Å². The third-order valence-electron chi connectivity index (χ3n) is 3.32.